The van der Waals surface area contributed by atoms with Gasteiger partial charge in [0, 0.05) is 10.9 Å². The zero-order valence-electron chi connectivity index (χ0n) is 10.2. The lowest BCUT2D eigenvalue weighted by Gasteiger charge is -2.13. The zero-order valence-corrected chi connectivity index (χ0v) is 11.0. The Hall–Kier alpha value is -0.540. The lowest BCUT2D eigenvalue weighted by Crippen LogP contribution is -2.07. The van der Waals surface area contributed by atoms with Crippen LogP contribution in [0.3, 0.4) is 0 Å². The molecule has 0 amide bonds. The number of thioether (sulfide) groups is 1. The van der Waals surface area contributed by atoms with Crippen LogP contribution in [0.25, 0.3) is 0 Å². The Morgan fingerprint density at radius 1 is 1.31 bits per heavy atom. The van der Waals surface area contributed by atoms with E-state index in [0.29, 0.717) is 5.92 Å². The molecule has 0 saturated carbocycles. The topological polar surface area (TPSA) is 26.0 Å². The van der Waals surface area contributed by atoms with Crippen LogP contribution in [-0.4, -0.2) is 5.75 Å². The predicted octanol–water partition coefficient (Wildman–Crippen LogP) is 3.98. The van der Waals surface area contributed by atoms with Gasteiger partial charge in [-0.05, 0) is 36.6 Å². The maximum Gasteiger partial charge on any atom is 0.137 e. The van der Waals surface area contributed by atoms with Crippen molar-refractivity contribution in [3.05, 3.63) is 29.6 Å². The highest BCUT2D eigenvalue weighted by Gasteiger charge is 2.11. The van der Waals surface area contributed by atoms with Crippen LogP contribution in [0.1, 0.15) is 38.8 Å². The van der Waals surface area contributed by atoms with E-state index in [1.165, 1.54) is 6.07 Å². The third-order valence-electron chi connectivity index (χ3n) is 2.43. The molecule has 16 heavy (non-hydrogen) atoms. The maximum absolute atomic E-state index is 13.7. The second-order valence-electron chi connectivity index (χ2n) is 4.48. The van der Waals surface area contributed by atoms with Crippen molar-refractivity contribution in [2.24, 2.45) is 11.7 Å². The lowest BCUT2D eigenvalue weighted by atomic mass is 10.1. The van der Waals surface area contributed by atoms with E-state index in [9.17, 15) is 4.39 Å². The summed E-state index contributed by atoms with van der Waals surface area (Å²) in [4.78, 5) is 0.721. The molecule has 1 atom stereocenters. The molecule has 0 saturated heterocycles. The highest BCUT2D eigenvalue weighted by Crippen LogP contribution is 2.30. The molecule has 90 valence electrons. The van der Waals surface area contributed by atoms with E-state index in [4.69, 9.17) is 5.73 Å². The van der Waals surface area contributed by atoms with E-state index in [1.807, 2.05) is 13.0 Å². The fourth-order valence-electron chi connectivity index (χ4n) is 1.43. The number of nitrogens with two attached hydrogens (primary N) is 1. The largest absolute Gasteiger partial charge is 0.324 e. The molecule has 0 radical (unpaired) electrons. The molecule has 0 aliphatic carbocycles. The van der Waals surface area contributed by atoms with Gasteiger partial charge in [-0.25, -0.2) is 4.39 Å². The van der Waals surface area contributed by atoms with Crippen molar-refractivity contribution >= 4 is 11.8 Å². The summed E-state index contributed by atoms with van der Waals surface area (Å²) < 4.78 is 13.7. The summed E-state index contributed by atoms with van der Waals surface area (Å²) >= 11 is 1.58. The molecule has 0 unspecified atom stereocenters. The van der Waals surface area contributed by atoms with Gasteiger partial charge in [-0.3, -0.25) is 0 Å². The van der Waals surface area contributed by atoms with Gasteiger partial charge in [0.25, 0.3) is 0 Å². The monoisotopic (exact) mass is 241 g/mol. The first-order valence-electron chi connectivity index (χ1n) is 5.69. The summed E-state index contributed by atoms with van der Waals surface area (Å²) in [5.74, 6) is 1.44. The fourth-order valence-corrected chi connectivity index (χ4v) is 2.85. The standard InChI is InChI=1S/C13H20FNS/c1-9(2)7-8-16-13-11(10(3)15)5-4-6-12(13)14/h4-6,9-10H,7-8,15H2,1-3H3/t10-/m0/s1. The van der Waals surface area contributed by atoms with Gasteiger partial charge in [0.2, 0.25) is 0 Å². The molecule has 0 aromatic heterocycles. The van der Waals surface area contributed by atoms with E-state index >= 15 is 0 Å². The Morgan fingerprint density at radius 2 is 2.00 bits per heavy atom. The normalized spacial score (nSPS) is 13.1. The van der Waals surface area contributed by atoms with Gasteiger partial charge in [0.15, 0.2) is 0 Å². The van der Waals surface area contributed by atoms with Crippen molar-refractivity contribution < 1.29 is 4.39 Å². The van der Waals surface area contributed by atoms with Crippen LogP contribution in [-0.2, 0) is 0 Å². The molecule has 0 aliphatic rings. The Kier molecular flexibility index (Phi) is 5.29. The lowest BCUT2D eigenvalue weighted by molar-refractivity contribution is 0.590. The molecule has 0 fully saturated rings. The second kappa shape index (κ2) is 6.26. The minimum absolute atomic E-state index is 0.114. The van der Waals surface area contributed by atoms with Crippen LogP contribution in [0, 0.1) is 11.7 Å². The first-order valence-corrected chi connectivity index (χ1v) is 6.67. The van der Waals surface area contributed by atoms with Crippen LogP contribution in [0.4, 0.5) is 4.39 Å². The summed E-state index contributed by atoms with van der Waals surface area (Å²) in [6.07, 6.45) is 1.09. The molecule has 1 aromatic rings. The smallest absolute Gasteiger partial charge is 0.137 e. The van der Waals surface area contributed by atoms with Crippen molar-refractivity contribution in [1.29, 1.82) is 0 Å². The Morgan fingerprint density at radius 3 is 2.56 bits per heavy atom. The van der Waals surface area contributed by atoms with Crippen LogP contribution >= 0.6 is 11.8 Å². The highest BCUT2D eigenvalue weighted by atomic mass is 32.2. The van der Waals surface area contributed by atoms with Crippen LogP contribution < -0.4 is 5.73 Å². The molecule has 0 spiro atoms. The number of benzene rings is 1. The first-order chi connectivity index (χ1) is 7.52. The van der Waals surface area contributed by atoms with E-state index in [2.05, 4.69) is 13.8 Å². The summed E-state index contributed by atoms with van der Waals surface area (Å²) in [5, 5.41) is 0. The fraction of sp³-hybridized carbons (Fsp3) is 0.538. The molecule has 1 nitrogen and oxygen atoms in total. The molecule has 2 N–H and O–H groups in total. The average Bonchev–Trinajstić information content (AvgIpc) is 2.19. The molecule has 0 aliphatic heterocycles. The molecule has 3 heteroatoms. The van der Waals surface area contributed by atoms with Gasteiger partial charge in [-0.15, -0.1) is 11.8 Å². The SMILES string of the molecule is CC(C)CCSc1c(F)cccc1[C@H](C)N. The van der Waals surface area contributed by atoms with Crippen molar-refractivity contribution in [3.8, 4) is 0 Å². The molecular weight excluding hydrogens is 221 g/mol. The van der Waals surface area contributed by atoms with Crippen LogP contribution in [0.15, 0.2) is 23.1 Å². The van der Waals surface area contributed by atoms with E-state index < -0.39 is 0 Å². The molecule has 1 aromatic carbocycles. The Labute approximate surface area is 102 Å². The van der Waals surface area contributed by atoms with Crippen molar-refractivity contribution in [1.82, 2.24) is 0 Å². The third kappa shape index (κ3) is 3.80. The van der Waals surface area contributed by atoms with Gasteiger partial charge in [0.05, 0.1) is 0 Å². The van der Waals surface area contributed by atoms with Gasteiger partial charge in [-0.2, -0.15) is 0 Å². The Bertz CT molecular complexity index is 337. The van der Waals surface area contributed by atoms with Crippen molar-refractivity contribution in [2.45, 2.75) is 38.1 Å². The molecule has 0 bridgehead atoms. The number of halogens is 1. The highest BCUT2D eigenvalue weighted by molar-refractivity contribution is 7.99. The molecule has 1 rings (SSSR count). The maximum atomic E-state index is 13.7. The predicted molar refractivity (Wildman–Crippen MR) is 69.2 cm³/mol. The number of rotatable bonds is 5. The zero-order chi connectivity index (χ0) is 12.1. The average molecular weight is 241 g/mol. The van der Waals surface area contributed by atoms with Crippen molar-refractivity contribution in [3.63, 3.8) is 0 Å². The third-order valence-corrected chi connectivity index (χ3v) is 3.59. The second-order valence-corrected chi connectivity index (χ2v) is 5.58. The number of hydrogen-bond acceptors (Lipinski definition) is 2. The first kappa shape index (κ1) is 13.5. The summed E-state index contributed by atoms with van der Waals surface area (Å²) in [7, 11) is 0. The quantitative estimate of drug-likeness (QED) is 0.789. The van der Waals surface area contributed by atoms with Gasteiger partial charge < -0.3 is 5.73 Å². The molecular formula is C13H20FNS. The minimum Gasteiger partial charge on any atom is -0.324 e. The van der Waals surface area contributed by atoms with E-state index in [1.54, 1.807) is 17.8 Å². The van der Waals surface area contributed by atoms with Gasteiger partial charge >= 0.3 is 0 Å². The number of hydrogen-bond donors (Lipinski definition) is 1. The minimum atomic E-state index is -0.149. The Balaban J connectivity index is 2.76. The molecule has 0 heterocycles. The van der Waals surface area contributed by atoms with Crippen LogP contribution in [0.5, 0.6) is 0 Å². The van der Waals surface area contributed by atoms with Crippen molar-refractivity contribution in [2.75, 3.05) is 5.75 Å². The summed E-state index contributed by atoms with van der Waals surface area (Å²) in [6, 6.07) is 5.02. The van der Waals surface area contributed by atoms with Crippen LogP contribution in [0.2, 0.25) is 0 Å². The summed E-state index contributed by atoms with van der Waals surface area (Å²) in [6.45, 7) is 6.24. The summed E-state index contributed by atoms with van der Waals surface area (Å²) in [5.41, 5.74) is 6.75. The van der Waals surface area contributed by atoms with Gasteiger partial charge in [-0.1, -0.05) is 26.0 Å². The van der Waals surface area contributed by atoms with E-state index in [-0.39, 0.29) is 11.9 Å². The van der Waals surface area contributed by atoms with E-state index in [0.717, 1.165) is 22.6 Å². The van der Waals surface area contributed by atoms with Gasteiger partial charge in [0.1, 0.15) is 5.82 Å².